The SMILES string of the molecule is CCCCCCCCCCCCCCCC(=O)OC[C@H]1CO[C@@H](c2ccccc2)O1. The molecule has 0 bridgehead atoms. The van der Waals surface area contributed by atoms with Gasteiger partial charge in [0.05, 0.1) is 6.61 Å². The Labute approximate surface area is 183 Å². The number of carbonyl (C=O) groups excluding carboxylic acids is 1. The molecule has 0 spiro atoms. The first-order chi connectivity index (χ1) is 14.8. The largest absolute Gasteiger partial charge is 0.463 e. The van der Waals surface area contributed by atoms with Gasteiger partial charge < -0.3 is 14.2 Å². The molecule has 0 aromatic heterocycles. The van der Waals surface area contributed by atoms with Crippen LogP contribution in [0.5, 0.6) is 0 Å². The molecule has 4 nitrogen and oxygen atoms in total. The minimum Gasteiger partial charge on any atom is -0.463 e. The molecule has 30 heavy (non-hydrogen) atoms. The number of rotatable bonds is 17. The van der Waals surface area contributed by atoms with Crippen LogP contribution in [-0.2, 0) is 19.0 Å². The van der Waals surface area contributed by atoms with E-state index in [1.807, 2.05) is 30.3 Å². The minimum absolute atomic E-state index is 0.121. The van der Waals surface area contributed by atoms with Gasteiger partial charge in [-0.2, -0.15) is 0 Å². The number of hydrogen-bond acceptors (Lipinski definition) is 4. The lowest BCUT2D eigenvalue weighted by molar-refractivity contribution is -0.148. The highest BCUT2D eigenvalue weighted by Gasteiger charge is 2.28. The van der Waals surface area contributed by atoms with E-state index in [2.05, 4.69) is 6.92 Å². The third-order valence-corrected chi connectivity index (χ3v) is 5.74. The van der Waals surface area contributed by atoms with Gasteiger partial charge in [-0.25, -0.2) is 0 Å². The predicted molar refractivity (Wildman–Crippen MR) is 121 cm³/mol. The van der Waals surface area contributed by atoms with Crippen molar-refractivity contribution in [2.24, 2.45) is 0 Å². The van der Waals surface area contributed by atoms with Crippen LogP contribution in [0, 0.1) is 0 Å². The standard InChI is InChI=1S/C26H42O4/c1-2-3-4-5-6-7-8-9-10-11-12-13-17-20-25(27)28-21-24-22-29-26(30-24)23-18-15-14-16-19-23/h14-16,18-19,24,26H,2-13,17,20-22H2,1H3/t24-,26+/m0/s1. The van der Waals surface area contributed by atoms with E-state index in [1.54, 1.807) is 0 Å². The highest BCUT2D eigenvalue weighted by atomic mass is 16.7. The molecule has 2 atom stereocenters. The monoisotopic (exact) mass is 418 g/mol. The number of unbranched alkanes of at least 4 members (excludes halogenated alkanes) is 12. The number of hydrogen-bond donors (Lipinski definition) is 0. The van der Waals surface area contributed by atoms with Crippen LogP contribution in [0.15, 0.2) is 30.3 Å². The summed E-state index contributed by atoms with van der Waals surface area (Å²) in [6, 6.07) is 9.85. The molecule has 0 saturated carbocycles. The molecule has 1 fully saturated rings. The van der Waals surface area contributed by atoms with Crippen LogP contribution >= 0.6 is 0 Å². The van der Waals surface area contributed by atoms with Crippen LogP contribution in [0.4, 0.5) is 0 Å². The van der Waals surface area contributed by atoms with E-state index >= 15 is 0 Å². The zero-order chi connectivity index (χ0) is 21.3. The van der Waals surface area contributed by atoms with Crippen LogP contribution < -0.4 is 0 Å². The Bertz CT molecular complexity index is 545. The first-order valence-electron chi connectivity index (χ1n) is 12.3. The second-order valence-corrected chi connectivity index (χ2v) is 8.51. The van der Waals surface area contributed by atoms with Gasteiger partial charge in [0.25, 0.3) is 0 Å². The molecule has 170 valence electrons. The van der Waals surface area contributed by atoms with Crippen molar-refractivity contribution >= 4 is 5.97 Å². The molecule has 4 heteroatoms. The molecular formula is C26H42O4. The summed E-state index contributed by atoms with van der Waals surface area (Å²) in [6.45, 7) is 3.01. The molecule has 1 aliphatic heterocycles. The zero-order valence-electron chi connectivity index (χ0n) is 19.0. The summed E-state index contributed by atoms with van der Waals surface area (Å²) >= 11 is 0. The fourth-order valence-electron chi connectivity index (χ4n) is 3.87. The highest BCUT2D eigenvalue weighted by molar-refractivity contribution is 5.69. The van der Waals surface area contributed by atoms with Crippen LogP contribution in [0.1, 0.15) is 109 Å². The van der Waals surface area contributed by atoms with Crippen molar-refractivity contribution in [3.8, 4) is 0 Å². The number of ether oxygens (including phenoxy) is 3. The van der Waals surface area contributed by atoms with Gasteiger partial charge in [0.15, 0.2) is 6.29 Å². The third kappa shape index (κ3) is 11.1. The van der Waals surface area contributed by atoms with E-state index in [-0.39, 0.29) is 25.0 Å². The Morgan fingerprint density at radius 1 is 0.867 bits per heavy atom. The fraction of sp³-hybridized carbons (Fsp3) is 0.731. The first kappa shape index (κ1) is 24.9. The van der Waals surface area contributed by atoms with Crippen LogP contribution in [0.25, 0.3) is 0 Å². The normalized spacial score (nSPS) is 18.6. The second kappa shape index (κ2) is 16.3. The zero-order valence-corrected chi connectivity index (χ0v) is 19.0. The third-order valence-electron chi connectivity index (χ3n) is 5.74. The Balaban J connectivity index is 1.36. The predicted octanol–water partition coefficient (Wildman–Crippen LogP) is 7.13. The van der Waals surface area contributed by atoms with E-state index in [0.717, 1.165) is 18.4 Å². The minimum atomic E-state index is -0.351. The van der Waals surface area contributed by atoms with Crippen LogP contribution in [0.2, 0.25) is 0 Å². The van der Waals surface area contributed by atoms with Gasteiger partial charge in [0, 0.05) is 12.0 Å². The first-order valence-corrected chi connectivity index (χ1v) is 12.3. The highest BCUT2D eigenvalue weighted by Crippen LogP contribution is 2.26. The van der Waals surface area contributed by atoms with E-state index in [0.29, 0.717) is 13.0 Å². The molecule has 2 rings (SSSR count). The summed E-state index contributed by atoms with van der Waals surface area (Å²) in [5.41, 5.74) is 0.998. The van der Waals surface area contributed by atoms with E-state index in [4.69, 9.17) is 14.2 Å². The quantitative estimate of drug-likeness (QED) is 0.199. The number of benzene rings is 1. The average molecular weight is 419 g/mol. The van der Waals surface area contributed by atoms with Crippen molar-refractivity contribution < 1.29 is 19.0 Å². The van der Waals surface area contributed by atoms with Gasteiger partial charge >= 0.3 is 5.97 Å². The molecular weight excluding hydrogens is 376 g/mol. The molecule has 1 aromatic carbocycles. The molecule has 0 unspecified atom stereocenters. The summed E-state index contributed by atoms with van der Waals surface area (Å²) < 4.78 is 16.8. The van der Waals surface area contributed by atoms with Gasteiger partial charge in [0.2, 0.25) is 0 Å². The Morgan fingerprint density at radius 3 is 2.03 bits per heavy atom. The summed E-state index contributed by atoms with van der Waals surface area (Å²) in [4.78, 5) is 11.9. The van der Waals surface area contributed by atoms with E-state index < -0.39 is 0 Å². The lowest BCUT2D eigenvalue weighted by atomic mass is 10.0. The van der Waals surface area contributed by atoms with Crippen LogP contribution in [0.3, 0.4) is 0 Å². The fourth-order valence-corrected chi connectivity index (χ4v) is 3.87. The van der Waals surface area contributed by atoms with Crippen molar-refractivity contribution in [3.63, 3.8) is 0 Å². The van der Waals surface area contributed by atoms with Crippen molar-refractivity contribution in [1.82, 2.24) is 0 Å². The Kier molecular flexibility index (Phi) is 13.5. The molecule has 1 saturated heterocycles. The molecule has 0 aliphatic carbocycles. The smallest absolute Gasteiger partial charge is 0.305 e. The summed E-state index contributed by atoms with van der Waals surface area (Å²) in [5, 5.41) is 0. The van der Waals surface area contributed by atoms with Gasteiger partial charge in [-0.3, -0.25) is 4.79 Å². The molecule has 0 radical (unpaired) electrons. The maximum atomic E-state index is 11.9. The van der Waals surface area contributed by atoms with Crippen molar-refractivity contribution in [2.75, 3.05) is 13.2 Å². The Morgan fingerprint density at radius 2 is 1.43 bits per heavy atom. The van der Waals surface area contributed by atoms with Crippen LogP contribution in [-0.4, -0.2) is 25.3 Å². The molecule has 1 aliphatic rings. The van der Waals surface area contributed by atoms with Crippen molar-refractivity contribution in [2.45, 2.75) is 109 Å². The average Bonchev–Trinajstić information content (AvgIpc) is 3.25. The van der Waals surface area contributed by atoms with Gasteiger partial charge in [0.1, 0.15) is 12.7 Å². The number of carbonyl (C=O) groups is 1. The van der Waals surface area contributed by atoms with Gasteiger partial charge in [-0.1, -0.05) is 114 Å². The van der Waals surface area contributed by atoms with Crippen molar-refractivity contribution in [3.05, 3.63) is 35.9 Å². The topological polar surface area (TPSA) is 44.8 Å². The van der Waals surface area contributed by atoms with Gasteiger partial charge in [-0.05, 0) is 6.42 Å². The lowest BCUT2D eigenvalue weighted by Crippen LogP contribution is -2.20. The number of esters is 1. The Hall–Kier alpha value is -1.39. The van der Waals surface area contributed by atoms with Gasteiger partial charge in [-0.15, -0.1) is 0 Å². The van der Waals surface area contributed by atoms with Crippen molar-refractivity contribution in [1.29, 1.82) is 0 Å². The van der Waals surface area contributed by atoms with E-state index in [9.17, 15) is 4.79 Å². The maximum absolute atomic E-state index is 11.9. The summed E-state index contributed by atoms with van der Waals surface area (Å²) in [5.74, 6) is -0.121. The lowest BCUT2D eigenvalue weighted by Gasteiger charge is -2.12. The molecule has 1 aromatic rings. The molecule has 0 N–H and O–H groups in total. The summed E-state index contributed by atoms with van der Waals surface area (Å²) in [7, 11) is 0. The van der Waals surface area contributed by atoms with E-state index in [1.165, 1.54) is 70.6 Å². The maximum Gasteiger partial charge on any atom is 0.305 e. The molecule has 1 heterocycles. The second-order valence-electron chi connectivity index (χ2n) is 8.51. The summed E-state index contributed by atoms with van der Waals surface area (Å²) in [6.07, 6.45) is 17.0. The molecule has 0 amide bonds.